The molecule has 0 bridgehead atoms. The molecule has 0 fully saturated rings. The molecule has 162 valence electrons. The SMILES string of the molecule is O=C(Cn1c(CCCNC(=O)c2ccccc2Cl)nc2ccccc21)c1ccc(Cl)cc1. The van der Waals surface area contributed by atoms with Gasteiger partial charge in [0.05, 0.1) is 28.2 Å². The second-order valence-electron chi connectivity index (χ2n) is 7.37. The molecule has 0 aliphatic carbocycles. The molecule has 0 aliphatic heterocycles. The van der Waals surface area contributed by atoms with E-state index in [1.54, 1.807) is 48.5 Å². The van der Waals surface area contributed by atoms with E-state index in [9.17, 15) is 9.59 Å². The average molecular weight is 466 g/mol. The number of amides is 1. The largest absolute Gasteiger partial charge is 0.352 e. The summed E-state index contributed by atoms with van der Waals surface area (Å²) in [5.74, 6) is 0.584. The number of nitrogens with one attached hydrogen (secondary N) is 1. The Morgan fingerprint density at radius 2 is 1.62 bits per heavy atom. The van der Waals surface area contributed by atoms with Crippen molar-refractivity contribution in [3.05, 3.63) is 99.8 Å². The minimum atomic E-state index is -0.206. The number of ketones is 1. The molecule has 0 saturated carbocycles. The van der Waals surface area contributed by atoms with E-state index in [0.717, 1.165) is 16.9 Å². The first-order valence-corrected chi connectivity index (χ1v) is 11.0. The van der Waals surface area contributed by atoms with Gasteiger partial charge in [0.1, 0.15) is 5.82 Å². The van der Waals surface area contributed by atoms with Gasteiger partial charge in [0.25, 0.3) is 5.91 Å². The maximum atomic E-state index is 12.9. The first kappa shape index (κ1) is 22.1. The van der Waals surface area contributed by atoms with E-state index in [1.165, 1.54) is 0 Å². The van der Waals surface area contributed by atoms with Gasteiger partial charge >= 0.3 is 0 Å². The molecule has 1 heterocycles. The number of para-hydroxylation sites is 2. The second-order valence-corrected chi connectivity index (χ2v) is 8.22. The van der Waals surface area contributed by atoms with Crippen molar-refractivity contribution in [2.75, 3.05) is 6.54 Å². The number of hydrogen-bond acceptors (Lipinski definition) is 3. The first-order valence-electron chi connectivity index (χ1n) is 10.3. The third-order valence-corrected chi connectivity index (χ3v) is 5.76. The minimum absolute atomic E-state index is 0.0157. The van der Waals surface area contributed by atoms with Gasteiger partial charge in [0.15, 0.2) is 5.78 Å². The van der Waals surface area contributed by atoms with Crippen molar-refractivity contribution in [1.82, 2.24) is 14.9 Å². The summed E-state index contributed by atoms with van der Waals surface area (Å²) in [5.41, 5.74) is 2.80. The van der Waals surface area contributed by atoms with E-state index in [0.29, 0.717) is 40.6 Å². The number of rotatable bonds is 8. The summed E-state index contributed by atoms with van der Waals surface area (Å²) in [4.78, 5) is 29.9. The summed E-state index contributed by atoms with van der Waals surface area (Å²) in [6.45, 7) is 0.655. The van der Waals surface area contributed by atoms with E-state index in [2.05, 4.69) is 5.32 Å². The average Bonchev–Trinajstić information content (AvgIpc) is 3.14. The Kier molecular flexibility index (Phi) is 6.88. The molecule has 4 aromatic rings. The number of aromatic nitrogens is 2. The van der Waals surface area contributed by atoms with E-state index >= 15 is 0 Å². The summed E-state index contributed by atoms with van der Waals surface area (Å²) in [6.07, 6.45) is 1.29. The molecule has 0 saturated heterocycles. The van der Waals surface area contributed by atoms with Gasteiger partial charge in [-0.1, -0.05) is 47.5 Å². The standard InChI is InChI=1S/C25H21Cl2N3O2/c26-18-13-11-17(12-14-18)23(31)16-30-22-9-4-3-8-21(22)29-24(30)10-5-15-28-25(32)19-6-1-2-7-20(19)27/h1-4,6-9,11-14H,5,10,15-16H2,(H,28,32). The van der Waals surface area contributed by atoms with Crippen molar-refractivity contribution in [2.24, 2.45) is 0 Å². The Morgan fingerprint density at radius 1 is 0.906 bits per heavy atom. The van der Waals surface area contributed by atoms with Gasteiger partial charge in [-0.3, -0.25) is 9.59 Å². The number of halogens is 2. The highest BCUT2D eigenvalue weighted by molar-refractivity contribution is 6.33. The van der Waals surface area contributed by atoms with Gasteiger partial charge in [-0.05, 0) is 55.0 Å². The lowest BCUT2D eigenvalue weighted by atomic mass is 10.1. The number of fused-ring (bicyclic) bond motifs is 1. The Bertz CT molecular complexity index is 1270. The van der Waals surface area contributed by atoms with Crippen LogP contribution in [0.4, 0.5) is 0 Å². The molecule has 0 spiro atoms. The molecule has 0 radical (unpaired) electrons. The van der Waals surface area contributed by atoms with Crippen LogP contribution in [0, 0.1) is 0 Å². The van der Waals surface area contributed by atoms with Crippen LogP contribution < -0.4 is 5.32 Å². The lowest BCUT2D eigenvalue weighted by Crippen LogP contribution is -2.25. The number of nitrogens with zero attached hydrogens (tertiary/aromatic N) is 2. The van der Waals surface area contributed by atoms with Gasteiger partial charge in [0, 0.05) is 23.6 Å². The fourth-order valence-electron chi connectivity index (χ4n) is 3.55. The van der Waals surface area contributed by atoms with Crippen LogP contribution in [0.5, 0.6) is 0 Å². The predicted molar refractivity (Wildman–Crippen MR) is 128 cm³/mol. The van der Waals surface area contributed by atoms with Crippen molar-refractivity contribution in [2.45, 2.75) is 19.4 Å². The highest BCUT2D eigenvalue weighted by atomic mass is 35.5. The monoisotopic (exact) mass is 465 g/mol. The number of Topliss-reactive ketones (excluding diaryl/α,β-unsaturated/α-hetero) is 1. The molecule has 3 aromatic carbocycles. The van der Waals surface area contributed by atoms with Crippen LogP contribution in [0.25, 0.3) is 11.0 Å². The van der Waals surface area contributed by atoms with E-state index in [1.807, 2.05) is 28.8 Å². The zero-order valence-corrected chi connectivity index (χ0v) is 18.7. The molecular formula is C25H21Cl2N3O2. The van der Waals surface area contributed by atoms with Crippen molar-refractivity contribution in [3.63, 3.8) is 0 Å². The number of aryl methyl sites for hydroxylation is 1. The number of carbonyl (C=O) groups is 2. The van der Waals surface area contributed by atoms with Gasteiger partial charge < -0.3 is 9.88 Å². The minimum Gasteiger partial charge on any atom is -0.352 e. The molecule has 1 amide bonds. The van der Waals surface area contributed by atoms with Gasteiger partial charge in [-0.2, -0.15) is 0 Å². The molecule has 0 aliphatic rings. The third kappa shape index (κ3) is 5.01. The summed E-state index contributed by atoms with van der Waals surface area (Å²) >= 11 is 12.0. The summed E-state index contributed by atoms with van der Waals surface area (Å²) in [7, 11) is 0. The third-order valence-electron chi connectivity index (χ3n) is 5.18. The topological polar surface area (TPSA) is 64.0 Å². The van der Waals surface area contributed by atoms with Crippen LogP contribution in [0.1, 0.15) is 33.0 Å². The van der Waals surface area contributed by atoms with Crippen molar-refractivity contribution in [1.29, 1.82) is 0 Å². The van der Waals surface area contributed by atoms with Gasteiger partial charge in [-0.15, -0.1) is 0 Å². The van der Waals surface area contributed by atoms with Gasteiger partial charge in [0.2, 0.25) is 0 Å². The maximum absolute atomic E-state index is 12.9. The van der Waals surface area contributed by atoms with E-state index in [4.69, 9.17) is 28.2 Å². The molecule has 1 N–H and O–H groups in total. The molecule has 0 atom stereocenters. The molecule has 4 rings (SSSR count). The number of carbonyl (C=O) groups excluding carboxylic acids is 2. The van der Waals surface area contributed by atoms with Crippen LogP contribution in [0.3, 0.4) is 0 Å². The quantitative estimate of drug-likeness (QED) is 0.272. The van der Waals surface area contributed by atoms with Crippen LogP contribution in [-0.2, 0) is 13.0 Å². The van der Waals surface area contributed by atoms with Gasteiger partial charge in [-0.25, -0.2) is 4.98 Å². The molecule has 7 heteroatoms. The van der Waals surface area contributed by atoms with Crippen molar-refractivity contribution >= 4 is 45.9 Å². The van der Waals surface area contributed by atoms with Crippen LogP contribution in [0.2, 0.25) is 10.0 Å². The number of imidazole rings is 1. The molecule has 5 nitrogen and oxygen atoms in total. The first-order chi connectivity index (χ1) is 15.5. The van der Waals surface area contributed by atoms with Crippen LogP contribution >= 0.6 is 23.2 Å². The second kappa shape index (κ2) is 9.98. The Labute approximate surface area is 196 Å². The lowest BCUT2D eigenvalue weighted by molar-refractivity contribution is 0.0951. The van der Waals surface area contributed by atoms with E-state index < -0.39 is 0 Å². The van der Waals surface area contributed by atoms with Crippen molar-refractivity contribution < 1.29 is 9.59 Å². The van der Waals surface area contributed by atoms with Crippen LogP contribution in [0.15, 0.2) is 72.8 Å². The Balaban J connectivity index is 1.45. The smallest absolute Gasteiger partial charge is 0.252 e. The van der Waals surface area contributed by atoms with Crippen molar-refractivity contribution in [3.8, 4) is 0 Å². The summed E-state index contributed by atoms with van der Waals surface area (Å²) in [5, 5.41) is 3.91. The zero-order valence-electron chi connectivity index (χ0n) is 17.2. The summed E-state index contributed by atoms with van der Waals surface area (Å²) < 4.78 is 1.95. The molecule has 1 aromatic heterocycles. The number of hydrogen-bond donors (Lipinski definition) is 1. The normalized spacial score (nSPS) is 10.9. The molecule has 0 unspecified atom stereocenters. The highest BCUT2D eigenvalue weighted by Crippen LogP contribution is 2.19. The highest BCUT2D eigenvalue weighted by Gasteiger charge is 2.15. The van der Waals surface area contributed by atoms with E-state index in [-0.39, 0.29) is 18.2 Å². The number of benzene rings is 3. The molecule has 32 heavy (non-hydrogen) atoms. The zero-order chi connectivity index (χ0) is 22.5. The Hall–Kier alpha value is -3.15. The fourth-order valence-corrected chi connectivity index (χ4v) is 3.90. The maximum Gasteiger partial charge on any atom is 0.252 e. The molecular weight excluding hydrogens is 445 g/mol. The summed E-state index contributed by atoms with van der Waals surface area (Å²) in [6, 6.07) is 21.6. The lowest BCUT2D eigenvalue weighted by Gasteiger charge is -2.10. The Morgan fingerprint density at radius 3 is 2.41 bits per heavy atom. The fraction of sp³-hybridized carbons (Fsp3) is 0.160. The predicted octanol–water partition coefficient (Wildman–Crippen LogP) is 5.59. The van der Waals surface area contributed by atoms with Crippen LogP contribution in [-0.4, -0.2) is 27.8 Å².